The first-order valence-electron chi connectivity index (χ1n) is 11.5. The van der Waals surface area contributed by atoms with Gasteiger partial charge in [-0.1, -0.05) is 30.3 Å². The second kappa shape index (κ2) is 8.33. The number of imidazole rings is 1. The Morgan fingerprint density at radius 3 is 2.12 bits per heavy atom. The van der Waals surface area contributed by atoms with Crippen molar-refractivity contribution in [2.24, 2.45) is 0 Å². The lowest BCUT2D eigenvalue weighted by Gasteiger charge is -2.39. The van der Waals surface area contributed by atoms with Gasteiger partial charge in [-0.3, -0.25) is 4.98 Å². The van der Waals surface area contributed by atoms with Crippen LogP contribution >= 0.6 is 0 Å². The summed E-state index contributed by atoms with van der Waals surface area (Å²) in [6.45, 7) is 6.49. The molecule has 7 nitrogen and oxygen atoms in total. The highest BCUT2D eigenvalue weighted by molar-refractivity contribution is 5.81. The summed E-state index contributed by atoms with van der Waals surface area (Å²) in [5.41, 5.74) is 4.96. The van der Waals surface area contributed by atoms with Crippen LogP contribution in [-0.2, 0) is 0 Å². The van der Waals surface area contributed by atoms with E-state index in [1.54, 1.807) is 0 Å². The van der Waals surface area contributed by atoms with Gasteiger partial charge in [0.15, 0.2) is 5.65 Å². The van der Waals surface area contributed by atoms with Gasteiger partial charge in [-0.25, -0.2) is 19.5 Å². The molecular weight excluding hydrogens is 398 g/mol. The molecule has 2 saturated heterocycles. The van der Waals surface area contributed by atoms with Crippen molar-refractivity contribution in [2.75, 3.05) is 44.2 Å². The van der Waals surface area contributed by atoms with E-state index in [4.69, 9.17) is 10.1 Å². The summed E-state index contributed by atoms with van der Waals surface area (Å²) in [7, 11) is 0. The van der Waals surface area contributed by atoms with Crippen LogP contribution in [0.2, 0.25) is 0 Å². The van der Waals surface area contributed by atoms with Crippen molar-refractivity contribution in [3.63, 3.8) is 0 Å². The van der Waals surface area contributed by atoms with E-state index < -0.39 is 0 Å². The molecule has 3 aromatic heterocycles. The molecule has 0 bridgehead atoms. The summed E-state index contributed by atoms with van der Waals surface area (Å²) in [5, 5.41) is 10.1. The SMILES string of the molecule is c1ccc(-c2nc3ccc(N4CCN(N5CCCC5)CC4)nn3c2-c2ccncc2)cc1. The number of pyridine rings is 1. The maximum Gasteiger partial charge on any atom is 0.155 e. The van der Waals surface area contributed by atoms with Crippen LogP contribution in [0.5, 0.6) is 0 Å². The van der Waals surface area contributed by atoms with Gasteiger partial charge in [0.1, 0.15) is 11.5 Å². The zero-order valence-electron chi connectivity index (χ0n) is 18.1. The van der Waals surface area contributed by atoms with Crippen molar-refractivity contribution in [1.82, 2.24) is 29.6 Å². The molecule has 2 aliphatic rings. The number of hydrogen-bond donors (Lipinski definition) is 0. The average Bonchev–Trinajstić information content (AvgIpc) is 3.53. The zero-order valence-corrected chi connectivity index (χ0v) is 18.1. The lowest BCUT2D eigenvalue weighted by atomic mass is 10.1. The standard InChI is InChI=1S/C25H27N7/c1-2-6-20(7-3-1)24-25(21-10-12-26-13-11-21)32-22(27-24)8-9-23(28-32)29-16-18-31(19-17-29)30-14-4-5-15-30/h1-3,6-13H,4-5,14-19H2. The highest BCUT2D eigenvalue weighted by atomic mass is 15.6. The van der Waals surface area contributed by atoms with E-state index in [-0.39, 0.29) is 0 Å². The summed E-state index contributed by atoms with van der Waals surface area (Å²) < 4.78 is 2.00. The Kier molecular flexibility index (Phi) is 5.05. The lowest BCUT2D eigenvalue weighted by Crippen LogP contribution is -2.53. The Bertz CT molecular complexity index is 1190. The third-order valence-electron chi connectivity index (χ3n) is 6.53. The molecule has 1 aromatic carbocycles. The number of hydrogen-bond acceptors (Lipinski definition) is 6. The van der Waals surface area contributed by atoms with E-state index in [1.807, 2.05) is 47.2 Å². The second-order valence-corrected chi connectivity index (χ2v) is 8.47. The Labute approximate surface area is 187 Å². The van der Waals surface area contributed by atoms with Crippen molar-refractivity contribution in [3.8, 4) is 22.5 Å². The van der Waals surface area contributed by atoms with Crippen LogP contribution in [0.25, 0.3) is 28.2 Å². The Balaban J connectivity index is 1.37. The van der Waals surface area contributed by atoms with Gasteiger partial charge in [-0.2, -0.15) is 0 Å². The highest BCUT2D eigenvalue weighted by Gasteiger charge is 2.25. The summed E-state index contributed by atoms with van der Waals surface area (Å²) in [4.78, 5) is 11.6. The van der Waals surface area contributed by atoms with Crippen molar-refractivity contribution >= 4 is 11.5 Å². The van der Waals surface area contributed by atoms with Gasteiger partial charge in [0.2, 0.25) is 0 Å². The minimum Gasteiger partial charge on any atom is -0.352 e. The second-order valence-electron chi connectivity index (χ2n) is 8.47. The number of aromatic nitrogens is 4. The number of fused-ring (bicyclic) bond motifs is 1. The first kappa shape index (κ1) is 19.4. The molecule has 0 spiro atoms. The summed E-state index contributed by atoms with van der Waals surface area (Å²) in [6.07, 6.45) is 6.29. The van der Waals surface area contributed by atoms with Gasteiger partial charge in [-0.05, 0) is 37.1 Å². The van der Waals surface area contributed by atoms with Crippen molar-refractivity contribution in [1.29, 1.82) is 0 Å². The van der Waals surface area contributed by atoms with Crippen LogP contribution in [0.15, 0.2) is 67.0 Å². The third-order valence-corrected chi connectivity index (χ3v) is 6.53. The van der Waals surface area contributed by atoms with Gasteiger partial charge < -0.3 is 4.90 Å². The molecule has 5 heterocycles. The van der Waals surface area contributed by atoms with Gasteiger partial charge in [0, 0.05) is 62.8 Å². The largest absolute Gasteiger partial charge is 0.352 e. The number of hydrazine groups is 1. The highest BCUT2D eigenvalue weighted by Crippen LogP contribution is 2.32. The fourth-order valence-corrected chi connectivity index (χ4v) is 4.85. The molecule has 0 N–H and O–H groups in total. The van der Waals surface area contributed by atoms with Gasteiger partial charge in [0.25, 0.3) is 0 Å². The van der Waals surface area contributed by atoms with Crippen molar-refractivity contribution in [3.05, 3.63) is 67.0 Å². The van der Waals surface area contributed by atoms with Crippen LogP contribution in [0.3, 0.4) is 0 Å². The third kappa shape index (κ3) is 3.53. The fourth-order valence-electron chi connectivity index (χ4n) is 4.85. The molecule has 0 saturated carbocycles. The number of benzene rings is 1. The van der Waals surface area contributed by atoms with Crippen molar-refractivity contribution < 1.29 is 0 Å². The molecule has 0 aliphatic carbocycles. The average molecular weight is 426 g/mol. The Morgan fingerprint density at radius 2 is 1.38 bits per heavy atom. The lowest BCUT2D eigenvalue weighted by molar-refractivity contribution is -0.00771. The fraction of sp³-hybridized carbons (Fsp3) is 0.320. The van der Waals surface area contributed by atoms with Gasteiger partial charge in [0.05, 0.1) is 5.69 Å². The molecule has 32 heavy (non-hydrogen) atoms. The topological polar surface area (TPSA) is 52.8 Å². The molecular formula is C25H27N7. The summed E-state index contributed by atoms with van der Waals surface area (Å²) in [6, 6.07) is 18.6. The van der Waals surface area contributed by atoms with E-state index in [2.05, 4.69) is 44.2 Å². The van der Waals surface area contributed by atoms with Crippen LogP contribution in [0.1, 0.15) is 12.8 Å². The molecule has 0 unspecified atom stereocenters. The molecule has 0 atom stereocenters. The number of anilines is 1. The molecule has 0 radical (unpaired) electrons. The quantitative estimate of drug-likeness (QED) is 0.498. The van der Waals surface area contributed by atoms with Crippen LogP contribution in [0, 0.1) is 0 Å². The first-order chi connectivity index (χ1) is 15.9. The summed E-state index contributed by atoms with van der Waals surface area (Å²) in [5.74, 6) is 1.01. The Morgan fingerprint density at radius 1 is 0.656 bits per heavy atom. The smallest absolute Gasteiger partial charge is 0.155 e. The Hall–Kier alpha value is -3.29. The number of piperazine rings is 1. The molecule has 6 rings (SSSR count). The molecule has 2 aliphatic heterocycles. The molecule has 162 valence electrons. The van der Waals surface area contributed by atoms with Gasteiger partial charge in [-0.15, -0.1) is 5.10 Å². The molecule has 0 amide bonds. The number of nitrogens with zero attached hydrogens (tertiary/aromatic N) is 7. The van der Waals surface area contributed by atoms with Gasteiger partial charge >= 0.3 is 0 Å². The van der Waals surface area contributed by atoms with E-state index in [1.165, 1.54) is 25.9 Å². The zero-order chi connectivity index (χ0) is 21.3. The minimum absolute atomic E-state index is 0.857. The monoisotopic (exact) mass is 425 g/mol. The minimum atomic E-state index is 0.857. The van der Waals surface area contributed by atoms with Crippen LogP contribution in [0.4, 0.5) is 5.82 Å². The van der Waals surface area contributed by atoms with E-state index >= 15 is 0 Å². The first-order valence-corrected chi connectivity index (χ1v) is 11.5. The molecule has 4 aromatic rings. The van der Waals surface area contributed by atoms with Crippen LogP contribution in [-0.4, -0.2) is 68.9 Å². The van der Waals surface area contributed by atoms with Crippen molar-refractivity contribution in [2.45, 2.75) is 12.8 Å². The number of rotatable bonds is 4. The summed E-state index contributed by atoms with van der Waals surface area (Å²) >= 11 is 0. The molecule has 7 heteroatoms. The van der Waals surface area contributed by atoms with Crippen LogP contribution < -0.4 is 4.90 Å². The predicted molar refractivity (Wildman–Crippen MR) is 126 cm³/mol. The van der Waals surface area contributed by atoms with E-state index in [0.29, 0.717) is 0 Å². The van der Waals surface area contributed by atoms with E-state index in [0.717, 1.165) is 60.2 Å². The maximum atomic E-state index is 5.07. The van der Waals surface area contributed by atoms with E-state index in [9.17, 15) is 0 Å². The molecule has 2 fully saturated rings. The normalized spacial score (nSPS) is 17.9. The predicted octanol–water partition coefficient (Wildman–Crippen LogP) is 3.59. The maximum absolute atomic E-state index is 5.07.